The monoisotopic (exact) mass is 457 g/mol. The first-order valence-electron chi connectivity index (χ1n) is 11.5. The Morgan fingerprint density at radius 1 is 0.758 bits per heavy atom. The maximum absolute atomic E-state index is 12.5. The third-order valence-electron chi connectivity index (χ3n) is 4.97. The molecule has 0 unspecified atom stereocenters. The molecule has 0 saturated carbocycles. The first-order valence-corrected chi connectivity index (χ1v) is 11.5. The fraction of sp³-hybridized carbons (Fsp3) is 0.462. The molecule has 0 amide bonds. The largest absolute Gasteiger partial charge is 0.492 e. The molecule has 2 rings (SSSR count). The second kappa shape index (κ2) is 16.0. The number of hydrogen-bond donors (Lipinski definition) is 0. The van der Waals surface area contributed by atoms with Gasteiger partial charge in [-0.05, 0) is 37.7 Å². The first-order chi connectivity index (χ1) is 16.1. The number of benzene rings is 2. The molecule has 0 bridgehead atoms. The number of likely N-dealkylation sites (N-methyl/N-ethyl adjacent to an activating group) is 1. The van der Waals surface area contributed by atoms with Crippen molar-refractivity contribution in [1.82, 2.24) is 4.90 Å². The van der Waals surface area contributed by atoms with Gasteiger partial charge in [-0.3, -0.25) is 14.5 Å². The van der Waals surface area contributed by atoms with Gasteiger partial charge in [0.05, 0.1) is 26.2 Å². The van der Waals surface area contributed by atoms with E-state index in [0.717, 1.165) is 6.54 Å². The minimum absolute atomic E-state index is 0.0109. The molecule has 0 aliphatic carbocycles. The second-order valence-electron chi connectivity index (χ2n) is 7.28. The van der Waals surface area contributed by atoms with E-state index in [1.165, 1.54) is 0 Å². The Kier molecular flexibility index (Phi) is 12.8. The molecule has 33 heavy (non-hydrogen) atoms. The molecule has 0 radical (unpaired) electrons. The fourth-order valence-electron chi connectivity index (χ4n) is 3.08. The van der Waals surface area contributed by atoms with Gasteiger partial charge in [-0.2, -0.15) is 0 Å². The maximum Gasteiger partial charge on any atom is 0.307 e. The Morgan fingerprint density at radius 2 is 1.42 bits per heavy atom. The minimum atomic E-state index is -0.235. The quantitative estimate of drug-likeness (QED) is 0.204. The third kappa shape index (κ3) is 10.6. The van der Waals surface area contributed by atoms with E-state index in [1.807, 2.05) is 32.0 Å². The van der Waals surface area contributed by atoms with Crippen LogP contribution in [0.4, 0.5) is 0 Å². The van der Waals surface area contributed by atoms with Crippen LogP contribution in [0.25, 0.3) is 0 Å². The average Bonchev–Trinajstić information content (AvgIpc) is 2.86. The van der Waals surface area contributed by atoms with Gasteiger partial charge in [0, 0.05) is 30.8 Å². The number of carbonyl (C=O) groups excluding carboxylic acids is 2. The summed E-state index contributed by atoms with van der Waals surface area (Å²) in [6, 6.07) is 16.4. The van der Waals surface area contributed by atoms with Crippen LogP contribution in [-0.2, 0) is 19.0 Å². The molecule has 0 aromatic heterocycles. The Bertz CT molecular complexity index is 809. The number of hydrogen-bond acceptors (Lipinski definition) is 7. The normalized spacial score (nSPS) is 10.9. The molecule has 0 aliphatic heterocycles. The molecule has 0 N–H and O–H groups in total. The molecule has 2 aromatic carbocycles. The summed E-state index contributed by atoms with van der Waals surface area (Å²) >= 11 is 0. The topological polar surface area (TPSA) is 74.3 Å². The fourth-order valence-corrected chi connectivity index (χ4v) is 3.08. The molecule has 2 aromatic rings. The Labute approximate surface area is 196 Å². The second-order valence-corrected chi connectivity index (χ2v) is 7.28. The van der Waals surface area contributed by atoms with Crippen LogP contribution in [0, 0.1) is 0 Å². The molecule has 7 heteroatoms. The van der Waals surface area contributed by atoms with E-state index >= 15 is 0 Å². The maximum atomic E-state index is 12.5. The van der Waals surface area contributed by atoms with Gasteiger partial charge in [0.15, 0.2) is 5.78 Å². The van der Waals surface area contributed by atoms with Crippen LogP contribution in [0.15, 0.2) is 54.6 Å². The van der Waals surface area contributed by atoms with Crippen LogP contribution in [0.5, 0.6) is 5.75 Å². The van der Waals surface area contributed by atoms with Crippen molar-refractivity contribution in [3.8, 4) is 5.75 Å². The van der Waals surface area contributed by atoms with E-state index in [9.17, 15) is 9.59 Å². The summed E-state index contributed by atoms with van der Waals surface area (Å²) in [5, 5.41) is 0. The van der Waals surface area contributed by atoms with Crippen molar-refractivity contribution in [3.05, 3.63) is 65.7 Å². The molecule has 0 saturated heterocycles. The number of esters is 1. The van der Waals surface area contributed by atoms with Crippen molar-refractivity contribution in [1.29, 1.82) is 0 Å². The van der Waals surface area contributed by atoms with Gasteiger partial charge in [-0.25, -0.2) is 0 Å². The van der Waals surface area contributed by atoms with Gasteiger partial charge < -0.3 is 18.9 Å². The summed E-state index contributed by atoms with van der Waals surface area (Å²) in [7, 11) is 0. The van der Waals surface area contributed by atoms with Crippen LogP contribution in [0.2, 0.25) is 0 Å². The van der Waals surface area contributed by atoms with Gasteiger partial charge in [0.1, 0.15) is 19.0 Å². The molecule has 0 fully saturated rings. The first kappa shape index (κ1) is 26.5. The summed E-state index contributed by atoms with van der Waals surface area (Å²) < 4.78 is 21.5. The summed E-state index contributed by atoms with van der Waals surface area (Å²) in [6.45, 7) is 8.91. The van der Waals surface area contributed by atoms with Crippen LogP contribution in [0.3, 0.4) is 0 Å². The lowest BCUT2D eigenvalue weighted by Gasteiger charge is -2.20. The van der Waals surface area contributed by atoms with Gasteiger partial charge in [0.25, 0.3) is 0 Å². The summed E-state index contributed by atoms with van der Waals surface area (Å²) in [5.74, 6) is 0.462. The molecule has 180 valence electrons. The zero-order chi connectivity index (χ0) is 23.7. The smallest absolute Gasteiger partial charge is 0.307 e. The van der Waals surface area contributed by atoms with E-state index in [2.05, 4.69) is 4.90 Å². The Hall–Kier alpha value is -2.74. The molecule has 7 nitrogen and oxygen atoms in total. The van der Waals surface area contributed by atoms with E-state index in [1.54, 1.807) is 36.4 Å². The summed E-state index contributed by atoms with van der Waals surface area (Å²) in [4.78, 5) is 26.5. The van der Waals surface area contributed by atoms with E-state index < -0.39 is 0 Å². The summed E-state index contributed by atoms with van der Waals surface area (Å²) in [5.41, 5.74) is 1.29. The van der Waals surface area contributed by atoms with Gasteiger partial charge >= 0.3 is 5.97 Å². The zero-order valence-corrected chi connectivity index (χ0v) is 19.7. The van der Waals surface area contributed by atoms with Crippen LogP contribution in [0.1, 0.15) is 36.2 Å². The van der Waals surface area contributed by atoms with E-state index in [-0.39, 0.29) is 18.4 Å². The van der Waals surface area contributed by atoms with Crippen molar-refractivity contribution >= 4 is 11.8 Å². The highest BCUT2D eigenvalue weighted by atomic mass is 16.6. The Balaban J connectivity index is 1.62. The predicted molar refractivity (Wildman–Crippen MR) is 127 cm³/mol. The van der Waals surface area contributed by atoms with Crippen molar-refractivity contribution in [2.45, 2.75) is 20.3 Å². The molecular weight excluding hydrogens is 422 g/mol. The average molecular weight is 458 g/mol. The lowest BCUT2D eigenvalue weighted by Crippen LogP contribution is -2.31. The van der Waals surface area contributed by atoms with Crippen molar-refractivity contribution in [2.24, 2.45) is 0 Å². The van der Waals surface area contributed by atoms with Crippen LogP contribution in [-0.4, -0.2) is 75.9 Å². The highest BCUT2D eigenvalue weighted by molar-refractivity contribution is 6.08. The van der Waals surface area contributed by atoms with E-state index in [0.29, 0.717) is 69.4 Å². The van der Waals surface area contributed by atoms with Gasteiger partial charge in [0.2, 0.25) is 0 Å². The van der Waals surface area contributed by atoms with Gasteiger partial charge in [-0.1, -0.05) is 37.3 Å². The number of ether oxygens (including phenoxy) is 4. The predicted octanol–water partition coefficient (Wildman–Crippen LogP) is 3.60. The SMILES string of the molecule is CCOCCOCCOC(=O)CCN(CC)CCOc1ccc(C(=O)c2ccccc2)cc1. The van der Waals surface area contributed by atoms with Crippen LogP contribution < -0.4 is 4.74 Å². The van der Waals surface area contributed by atoms with Crippen molar-refractivity contribution in [3.63, 3.8) is 0 Å². The molecule has 0 spiro atoms. The minimum Gasteiger partial charge on any atom is -0.492 e. The highest BCUT2D eigenvalue weighted by Crippen LogP contribution is 2.15. The summed E-state index contributed by atoms with van der Waals surface area (Å²) in [6.07, 6.45) is 0.323. The number of carbonyl (C=O) groups is 2. The zero-order valence-electron chi connectivity index (χ0n) is 19.7. The number of rotatable bonds is 17. The molecule has 0 atom stereocenters. The molecular formula is C26H35NO6. The van der Waals surface area contributed by atoms with Crippen LogP contribution >= 0.6 is 0 Å². The lowest BCUT2D eigenvalue weighted by molar-refractivity contribution is -0.145. The van der Waals surface area contributed by atoms with Crippen molar-refractivity contribution in [2.75, 3.05) is 59.3 Å². The van der Waals surface area contributed by atoms with Crippen molar-refractivity contribution < 1.29 is 28.5 Å². The van der Waals surface area contributed by atoms with Gasteiger partial charge in [-0.15, -0.1) is 0 Å². The van der Waals surface area contributed by atoms with E-state index in [4.69, 9.17) is 18.9 Å². The lowest BCUT2D eigenvalue weighted by atomic mass is 10.0. The number of nitrogens with zero attached hydrogens (tertiary/aromatic N) is 1. The highest BCUT2D eigenvalue weighted by Gasteiger charge is 2.10. The number of ketones is 1. The standard InChI is InChI=1S/C26H35NO6/c1-3-27(15-14-25(28)33-21-20-31-19-18-30-4-2)16-17-32-24-12-10-23(11-13-24)26(29)22-8-6-5-7-9-22/h5-13H,3-4,14-21H2,1-2H3. The molecule has 0 aliphatic rings. The third-order valence-corrected chi connectivity index (χ3v) is 4.97. The Morgan fingerprint density at radius 3 is 2.12 bits per heavy atom. The molecule has 0 heterocycles.